The summed E-state index contributed by atoms with van der Waals surface area (Å²) in [7, 11) is 0. The van der Waals surface area contributed by atoms with E-state index in [1.165, 1.54) is 11.8 Å². The zero-order valence-electron chi connectivity index (χ0n) is 11.9. The number of aryl methyl sites for hydroxylation is 1. The average Bonchev–Trinajstić information content (AvgIpc) is 3.11. The minimum absolute atomic E-state index is 0.0507. The number of aromatic nitrogens is 5. The molecule has 3 heterocycles. The van der Waals surface area contributed by atoms with Gasteiger partial charge in [0.15, 0.2) is 11.5 Å². The van der Waals surface area contributed by atoms with E-state index in [0.29, 0.717) is 29.8 Å². The van der Waals surface area contributed by atoms with Gasteiger partial charge in [-0.3, -0.25) is 14.2 Å². The van der Waals surface area contributed by atoms with E-state index in [2.05, 4.69) is 25.4 Å². The van der Waals surface area contributed by atoms with E-state index >= 15 is 0 Å². The molecule has 0 spiro atoms. The molecule has 3 aromatic rings. The van der Waals surface area contributed by atoms with Crippen molar-refractivity contribution in [2.45, 2.75) is 19.2 Å². The number of hydrogen-bond acceptors (Lipinski definition) is 7. The molecule has 9 heteroatoms. The number of amides is 1. The van der Waals surface area contributed by atoms with Gasteiger partial charge in [0, 0.05) is 12.4 Å². The predicted molar refractivity (Wildman–Crippen MR) is 80.0 cm³/mol. The molecule has 22 heavy (non-hydrogen) atoms. The highest BCUT2D eigenvalue weighted by molar-refractivity contribution is 7.99. The van der Waals surface area contributed by atoms with Crippen LogP contribution in [0.5, 0.6) is 0 Å². The third-order valence-electron chi connectivity index (χ3n) is 2.89. The highest BCUT2D eigenvalue weighted by Crippen LogP contribution is 2.10. The smallest absolute Gasteiger partial charge is 0.236 e. The molecule has 3 rings (SSSR count). The Kier molecular flexibility index (Phi) is 4.33. The molecule has 0 aliphatic carbocycles. The van der Waals surface area contributed by atoms with Crippen molar-refractivity contribution in [3.8, 4) is 0 Å². The topological polar surface area (TPSA) is 98.2 Å². The van der Waals surface area contributed by atoms with Crippen molar-refractivity contribution in [3.63, 3.8) is 0 Å². The van der Waals surface area contributed by atoms with E-state index in [1.54, 1.807) is 25.5 Å². The van der Waals surface area contributed by atoms with Crippen LogP contribution in [0.25, 0.3) is 5.65 Å². The molecule has 8 nitrogen and oxygen atoms in total. The summed E-state index contributed by atoms with van der Waals surface area (Å²) in [6, 6.07) is 0. The van der Waals surface area contributed by atoms with Crippen LogP contribution >= 0.6 is 11.8 Å². The van der Waals surface area contributed by atoms with Crippen LogP contribution in [0.2, 0.25) is 0 Å². The molecule has 0 aromatic carbocycles. The maximum Gasteiger partial charge on any atom is 0.236 e. The first-order valence-corrected chi connectivity index (χ1v) is 7.77. The Morgan fingerprint density at radius 3 is 3.18 bits per heavy atom. The van der Waals surface area contributed by atoms with Gasteiger partial charge in [-0.1, -0.05) is 5.16 Å². The van der Waals surface area contributed by atoms with Crippen LogP contribution in [-0.2, 0) is 17.1 Å². The second kappa shape index (κ2) is 6.56. The largest absolute Gasteiger partial charge is 0.350 e. The van der Waals surface area contributed by atoms with Crippen LogP contribution < -0.4 is 5.32 Å². The Hall–Kier alpha value is -2.42. The number of thioether (sulfide) groups is 1. The standard InChI is InChI=1S/C13H14N6O2S/c1-9-17-13(21-18-9)8-22-7-12(20)16-5-10-4-15-11-6-14-2-3-19(10)11/h2-4,6H,5,7-8H2,1H3,(H,16,20). The van der Waals surface area contributed by atoms with E-state index in [4.69, 9.17) is 4.52 Å². The molecule has 0 aliphatic rings. The van der Waals surface area contributed by atoms with Crippen molar-refractivity contribution in [1.82, 2.24) is 29.8 Å². The average molecular weight is 318 g/mol. The lowest BCUT2D eigenvalue weighted by atomic mass is 10.4. The molecule has 0 aliphatic heterocycles. The summed E-state index contributed by atoms with van der Waals surface area (Å²) in [5, 5.41) is 6.56. The molecule has 3 aromatic heterocycles. The molecule has 0 unspecified atom stereocenters. The summed E-state index contributed by atoms with van der Waals surface area (Å²) in [4.78, 5) is 24.1. The van der Waals surface area contributed by atoms with Crippen LogP contribution in [0.4, 0.5) is 0 Å². The fraction of sp³-hybridized carbons (Fsp3) is 0.308. The fourth-order valence-electron chi connectivity index (χ4n) is 1.90. The van der Waals surface area contributed by atoms with Crippen LogP contribution in [0.3, 0.4) is 0 Å². The minimum Gasteiger partial charge on any atom is -0.350 e. The lowest BCUT2D eigenvalue weighted by Crippen LogP contribution is -2.25. The molecular weight excluding hydrogens is 304 g/mol. The Morgan fingerprint density at radius 2 is 2.36 bits per heavy atom. The second-order valence-corrected chi connectivity index (χ2v) is 5.54. The maximum absolute atomic E-state index is 11.8. The van der Waals surface area contributed by atoms with E-state index in [-0.39, 0.29) is 5.91 Å². The van der Waals surface area contributed by atoms with Crippen LogP contribution in [-0.4, -0.2) is 36.2 Å². The van der Waals surface area contributed by atoms with Gasteiger partial charge >= 0.3 is 0 Å². The Labute approximate surface area is 130 Å². The number of nitrogens with one attached hydrogen (secondary N) is 1. The SMILES string of the molecule is Cc1noc(CSCC(=O)NCc2cnc3cnccn23)n1. The van der Waals surface area contributed by atoms with Crippen molar-refractivity contribution in [2.75, 3.05) is 5.75 Å². The highest BCUT2D eigenvalue weighted by Gasteiger charge is 2.08. The molecule has 0 bridgehead atoms. The van der Waals surface area contributed by atoms with Gasteiger partial charge in [-0.15, -0.1) is 11.8 Å². The first-order valence-electron chi connectivity index (χ1n) is 6.62. The Balaban J connectivity index is 1.46. The summed E-state index contributed by atoms with van der Waals surface area (Å²) in [5.41, 5.74) is 1.66. The Bertz CT molecular complexity index is 784. The summed E-state index contributed by atoms with van der Waals surface area (Å²) < 4.78 is 6.87. The first-order chi connectivity index (χ1) is 10.7. The van der Waals surface area contributed by atoms with Crippen molar-refractivity contribution < 1.29 is 9.32 Å². The number of imidazole rings is 1. The van der Waals surface area contributed by atoms with Crippen LogP contribution in [0.1, 0.15) is 17.4 Å². The Morgan fingerprint density at radius 1 is 1.45 bits per heavy atom. The minimum atomic E-state index is -0.0507. The highest BCUT2D eigenvalue weighted by atomic mass is 32.2. The van der Waals surface area contributed by atoms with E-state index in [9.17, 15) is 4.79 Å². The van der Waals surface area contributed by atoms with Gasteiger partial charge < -0.3 is 9.84 Å². The van der Waals surface area contributed by atoms with Gasteiger partial charge in [0.1, 0.15) is 0 Å². The second-order valence-electron chi connectivity index (χ2n) is 4.56. The fourth-order valence-corrected chi connectivity index (χ4v) is 2.58. The summed E-state index contributed by atoms with van der Waals surface area (Å²) in [6.45, 7) is 2.18. The number of carbonyl (C=O) groups excluding carboxylic acids is 1. The monoisotopic (exact) mass is 318 g/mol. The van der Waals surface area contributed by atoms with Crippen LogP contribution in [0.15, 0.2) is 29.3 Å². The van der Waals surface area contributed by atoms with E-state index in [1.807, 2.05) is 10.6 Å². The summed E-state index contributed by atoms with van der Waals surface area (Å²) >= 11 is 1.43. The normalized spacial score (nSPS) is 11.0. The van der Waals surface area contributed by atoms with Gasteiger partial charge in [0.05, 0.1) is 36.1 Å². The van der Waals surface area contributed by atoms with Crippen LogP contribution in [0, 0.1) is 6.92 Å². The van der Waals surface area contributed by atoms with Gasteiger partial charge in [-0.25, -0.2) is 4.98 Å². The molecular formula is C13H14N6O2S. The molecule has 0 saturated carbocycles. The number of nitrogens with zero attached hydrogens (tertiary/aromatic N) is 5. The van der Waals surface area contributed by atoms with Crippen molar-refractivity contribution >= 4 is 23.3 Å². The number of hydrogen-bond donors (Lipinski definition) is 1. The molecule has 1 amide bonds. The van der Waals surface area contributed by atoms with Gasteiger partial charge in [0.2, 0.25) is 11.8 Å². The zero-order chi connectivity index (χ0) is 15.4. The number of fused-ring (bicyclic) bond motifs is 1. The molecule has 0 saturated heterocycles. The van der Waals surface area contributed by atoms with Crippen molar-refractivity contribution in [3.05, 3.63) is 42.2 Å². The first kappa shape index (κ1) is 14.5. The third-order valence-corrected chi connectivity index (χ3v) is 3.81. The van der Waals surface area contributed by atoms with Gasteiger partial charge in [-0.05, 0) is 6.92 Å². The van der Waals surface area contributed by atoms with Gasteiger partial charge in [0.25, 0.3) is 0 Å². The van der Waals surface area contributed by atoms with Crippen molar-refractivity contribution in [1.29, 1.82) is 0 Å². The molecule has 0 atom stereocenters. The quantitative estimate of drug-likeness (QED) is 0.723. The molecule has 0 radical (unpaired) electrons. The molecule has 114 valence electrons. The summed E-state index contributed by atoms with van der Waals surface area (Å²) in [5.74, 6) is 1.94. The number of rotatable bonds is 6. The zero-order valence-corrected chi connectivity index (χ0v) is 12.7. The third kappa shape index (κ3) is 3.42. The van der Waals surface area contributed by atoms with E-state index < -0.39 is 0 Å². The lowest BCUT2D eigenvalue weighted by Gasteiger charge is -2.04. The summed E-state index contributed by atoms with van der Waals surface area (Å²) in [6.07, 6.45) is 6.90. The lowest BCUT2D eigenvalue weighted by molar-refractivity contribution is -0.118. The molecule has 0 fully saturated rings. The van der Waals surface area contributed by atoms with E-state index in [0.717, 1.165) is 11.3 Å². The van der Waals surface area contributed by atoms with Gasteiger partial charge in [-0.2, -0.15) is 4.98 Å². The molecule has 1 N–H and O–H groups in total. The number of carbonyl (C=O) groups is 1. The maximum atomic E-state index is 11.8. The predicted octanol–water partition coefficient (Wildman–Crippen LogP) is 0.970. The van der Waals surface area contributed by atoms with Crippen molar-refractivity contribution in [2.24, 2.45) is 0 Å².